The van der Waals surface area contributed by atoms with Crippen molar-refractivity contribution in [2.24, 2.45) is 5.10 Å². The second-order valence-corrected chi connectivity index (χ2v) is 9.50. The molecule has 8 heteroatoms. The van der Waals surface area contributed by atoms with E-state index in [1.807, 2.05) is 73.7 Å². The van der Waals surface area contributed by atoms with Crippen molar-refractivity contribution in [1.82, 2.24) is 9.66 Å². The molecule has 184 valence electrons. The van der Waals surface area contributed by atoms with Gasteiger partial charge in [0.1, 0.15) is 18.2 Å². The van der Waals surface area contributed by atoms with Gasteiger partial charge in [-0.1, -0.05) is 59.3 Å². The first-order chi connectivity index (χ1) is 18.1. The first-order valence-electron chi connectivity index (χ1n) is 11.9. The summed E-state index contributed by atoms with van der Waals surface area (Å²) in [6.07, 6.45) is 2.24. The van der Waals surface area contributed by atoms with Crippen LogP contribution in [0.1, 0.15) is 23.9 Å². The van der Waals surface area contributed by atoms with E-state index in [9.17, 15) is 4.79 Å². The van der Waals surface area contributed by atoms with Crippen LogP contribution in [0.3, 0.4) is 0 Å². The van der Waals surface area contributed by atoms with E-state index in [1.54, 1.807) is 12.3 Å². The fourth-order valence-corrected chi connectivity index (χ4v) is 4.75. The molecular weight excluding hydrogens is 534 g/mol. The van der Waals surface area contributed by atoms with Crippen LogP contribution in [0.4, 0.5) is 0 Å². The fraction of sp³-hybridized carbons (Fsp3) is 0.138. The largest absolute Gasteiger partial charge is 0.488 e. The summed E-state index contributed by atoms with van der Waals surface area (Å²) < 4.78 is 19.3. The zero-order valence-corrected chi connectivity index (χ0v) is 21.6. The molecule has 0 fully saturated rings. The summed E-state index contributed by atoms with van der Waals surface area (Å²) in [7, 11) is 0. The Balaban J connectivity index is 1.41. The number of ether oxygens (including phenoxy) is 3. The molecule has 1 aromatic heterocycles. The van der Waals surface area contributed by atoms with Crippen molar-refractivity contribution >= 4 is 43.8 Å². The Labute approximate surface area is 221 Å². The maximum absolute atomic E-state index is 13.4. The lowest BCUT2D eigenvalue weighted by Crippen LogP contribution is -2.22. The Morgan fingerprint density at radius 1 is 1.03 bits per heavy atom. The van der Waals surface area contributed by atoms with Gasteiger partial charge >= 0.3 is 0 Å². The monoisotopic (exact) mass is 555 g/mol. The summed E-state index contributed by atoms with van der Waals surface area (Å²) in [5.41, 5.74) is 2.16. The van der Waals surface area contributed by atoms with E-state index in [0.717, 1.165) is 32.1 Å². The molecule has 0 unspecified atom stereocenters. The summed E-state index contributed by atoms with van der Waals surface area (Å²) in [4.78, 5) is 18.0. The van der Waals surface area contributed by atoms with Gasteiger partial charge in [-0.25, -0.2) is 4.98 Å². The molecule has 0 atom stereocenters. The average molecular weight is 556 g/mol. The summed E-state index contributed by atoms with van der Waals surface area (Å²) in [5.74, 6) is 2.68. The number of hydrogen-bond donors (Lipinski definition) is 0. The number of hydrogen-bond acceptors (Lipinski definition) is 6. The molecule has 6 rings (SSSR count). The zero-order valence-electron chi connectivity index (χ0n) is 20.0. The lowest BCUT2D eigenvalue weighted by Gasteiger charge is -2.13. The van der Waals surface area contributed by atoms with Crippen molar-refractivity contribution in [3.8, 4) is 17.2 Å². The van der Waals surface area contributed by atoms with Crippen LogP contribution in [0, 0.1) is 0 Å². The van der Waals surface area contributed by atoms with Gasteiger partial charge in [-0.2, -0.15) is 9.78 Å². The van der Waals surface area contributed by atoms with E-state index >= 15 is 0 Å². The summed E-state index contributed by atoms with van der Waals surface area (Å²) in [6, 6.07) is 23.2. The molecule has 4 aromatic carbocycles. The highest BCUT2D eigenvalue weighted by molar-refractivity contribution is 9.10. The smallest absolute Gasteiger partial charge is 0.282 e. The Bertz CT molecular complexity index is 1750. The van der Waals surface area contributed by atoms with Crippen LogP contribution < -0.4 is 19.8 Å². The maximum atomic E-state index is 13.4. The zero-order chi connectivity index (χ0) is 25.4. The van der Waals surface area contributed by atoms with Gasteiger partial charge in [0.25, 0.3) is 5.56 Å². The van der Waals surface area contributed by atoms with Gasteiger partial charge in [0.2, 0.25) is 6.79 Å². The number of rotatable bonds is 6. The summed E-state index contributed by atoms with van der Waals surface area (Å²) >= 11 is 3.45. The topological polar surface area (TPSA) is 74.9 Å². The van der Waals surface area contributed by atoms with Crippen molar-refractivity contribution in [2.45, 2.75) is 20.0 Å². The number of benzene rings is 4. The molecule has 2 heterocycles. The lowest BCUT2D eigenvalue weighted by molar-refractivity contribution is 0.174. The third kappa shape index (κ3) is 4.44. The highest BCUT2D eigenvalue weighted by Crippen LogP contribution is 2.33. The highest BCUT2D eigenvalue weighted by atomic mass is 79.9. The predicted octanol–water partition coefficient (Wildman–Crippen LogP) is 6.06. The molecule has 0 spiro atoms. The molecule has 0 amide bonds. The van der Waals surface area contributed by atoms with E-state index in [0.29, 0.717) is 41.3 Å². The molecule has 5 aromatic rings. The Hall–Kier alpha value is -4.17. The van der Waals surface area contributed by atoms with Gasteiger partial charge in [0.05, 0.1) is 17.1 Å². The van der Waals surface area contributed by atoms with Crippen molar-refractivity contribution in [3.05, 3.63) is 105 Å². The maximum Gasteiger partial charge on any atom is 0.282 e. The molecule has 0 saturated carbocycles. The van der Waals surface area contributed by atoms with Gasteiger partial charge in [0, 0.05) is 16.5 Å². The molecule has 0 aliphatic carbocycles. The lowest BCUT2D eigenvalue weighted by atomic mass is 10.0. The second kappa shape index (κ2) is 9.71. The van der Waals surface area contributed by atoms with Crippen LogP contribution in [0.25, 0.3) is 21.7 Å². The van der Waals surface area contributed by atoms with E-state index < -0.39 is 0 Å². The van der Waals surface area contributed by atoms with Crippen molar-refractivity contribution in [2.75, 3.05) is 6.79 Å². The van der Waals surface area contributed by atoms with Crippen LogP contribution in [0.2, 0.25) is 0 Å². The average Bonchev–Trinajstić information content (AvgIpc) is 3.40. The number of nitrogens with zero attached hydrogens (tertiary/aromatic N) is 3. The normalized spacial score (nSPS) is 12.6. The van der Waals surface area contributed by atoms with Gasteiger partial charge < -0.3 is 14.2 Å². The summed E-state index contributed by atoms with van der Waals surface area (Å²) in [6.45, 7) is 2.52. The Kier molecular flexibility index (Phi) is 6.10. The van der Waals surface area contributed by atoms with Crippen LogP contribution >= 0.6 is 15.9 Å². The third-order valence-corrected chi connectivity index (χ3v) is 6.75. The minimum Gasteiger partial charge on any atom is -0.488 e. The molecule has 1 aliphatic rings. The molecular formula is C29H22BrN3O4. The molecule has 7 nitrogen and oxygen atoms in total. The Morgan fingerprint density at radius 3 is 2.78 bits per heavy atom. The number of aryl methyl sites for hydroxylation is 1. The van der Waals surface area contributed by atoms with Gasteiger partial charge in [0.15, 0.2) is 11.5 Å². The van der Waals surface area contributed by atoms with Crippen LogP contribution in [0.15, 0.2) is 87.2 Å². The van der Waals surface area contributed by atoms with Crippen molar-refractivity contribution in [1.29, 1.82) is 0 Å². The van der Waals surface area contributed by atoms with Gasteiger partial charge in [-0.15, -0.1) is 0 Å². The van der Waals surface area contributed by atoms with Gasteiger partial charge in [-0.05, 0) is 52.7 Å². The van der Waals surface area contributed by atoms with Crippen LogP contribution in [-0.2, 0) is 13.0 Å². The number of halogens is 1. The van der Waals surface area contributed by atoms with E-state index in [1.165, 1.54) is 4.68 Å². The third-order valence-electron chi connectivity index (χ3n) is 6.26. The van der Waals surface area contributed by atoms with Crippen molar-refractivity contribution < 1.29 is 14.2 Å². The summed E-state index contributed by atoms with van der Waals surface area (Å²) in [5, 5.41) is 7.14. The number of fused-ring (bicyclic) bond motifs is 3. The van der Waals surface area contributed by atoms with E-state index in [-0.39, 0.29) is 12.4 Å². The molecule has 0 N–H and O–H groups in total. The first-order valence-corrected chi connectivity index (χ1v) is 12.7. The van der Waals surface area contributed by atoms with Crippen LogP contribution in [0.5, 0.6) is 17.2 Å². The van der Waals surface area contributed by atoms with Crippen molar-refractivity contribution in [3.63, 3.8) is 0 Å². The first kappa shape index (κ1) is 23.2. The molecule has 0 bridgehead atoms. The van der Waals surface area contributed by atoms with E-state index in [4.69, 9.17) is 14.2 Å². The molecule has 37 heavy (non-hydrogen) atoms. The van der Waals surface area contributed by atoms with Gasteiger partial charge in [-0.3, -0.25) is 4.79 Å². The minimum atomic E-state index is -0.220. The molecule has 1 aliphatic heterocycles. The minimum absolute atomic E-state index is 0.220. The fourth-order valence-electron chi connectivity index (χ4n) is 4.38. The predicted molar refractivity (Wildman–Crippen MR) is 147 cm³/mol. The molecule has 0 radical (unpaired) electrons. The Morgan fingerprint density at radius 2 is 1.89 bits per heavy atom. The standard InChI is InChI=1S/C29H22BrN3O4/c1-2-28-32-24-10-9-20(30)14-22(24)29(34)33(28)31-15-23-21-6-4-3-5-19(21)8-12-25(23)35-16-18-7-11-26-27(13-18)37-17-36-26/h3-15H,2,16-17H2,1H3. The SMILES string of the molecule is CCc1nc2ccc(Br)cc2c(=O)n1N=Cc1c(OCc2ccc3c(c2)OCO3)ccc2ccccc12. The molecule has 0 saturated heterocycles. The van der Waals surface area contributed by atoms with E-state index in [2.05, 4.69) is 26.0 Å². The highest BCUT2D eigenvalue weighted by Gasteiger charge is 2.15. The number of aromatic nitrogens is 2. The van der Waals surface area contributed by atoms with Crippen LogP contribution in [-0.4, -0.2) is 22.7 Å². The second-order valence-electron chi connectivity index (χ2n) is 8.58. The quantitative estimate of drug-likeness (QED) is 0.238.